The van der Waals surface area contributed by atoms with Crippen molar-refractivity contribution in [3.63, 3.8) is 0 Å². The van der Waals surface area contributed by atoms with E-state index in [1.807, 2.05) is 29.8 Å². The van der Waals surface area contributed by atoms with E-state index in [2.05, 4.69) is 39.4 Å². The van der Waals surface area contributed by atoms with Crippen LogP contribution in [0.2, 0.25) is 0 Å². The second kappa shape index (κ2) is 7.78. The Morgan fingerprint density at radius 3 is 3.04 bits per heavy atom. The van der Waals surface area contributed by atoms with Gasteiger partial charge in [0.2, 0.25) is 0 Å². The Bertz CT molecular complexity index is 809. The van der Waals surface area contributed by atoms with Gasteiger partial charge in [0.05, 0.1) is 6.54 Å². The summed E-state index contributed by atoms with van der Waals surface area (Å²) < 4.78 is 0. The average Bonchev–Trinajstić information content (AvgIpc) is 3.43. The largest absolute Gasteiger partial charge is 0.387 e. The molecule has 2 aromatic rings. The lowest BCUT2D eigenvalue weighted by atomic mass is 9.96. The average molecular weight is 385 g/mol. The standard InChI is InChI=1S/C20H24N4O2S/c1-15(16-5-3-2-4-6-16)12-22-19(25)17-11-20(26-23-17)7-9-24(14-20)13-18-21-8-10-27-18/h2-6,8,10,15H,7,9,11-14H2,1H3,(H,22,25)/t15-,20+/m0/s1. The molecular weight excluding hydrogens is 360 g/mol. The minimum atomic E-state index is -0.352. The summed E-state index contributed by atoms with van der Waals surface area (Å²) >= 11 is 1.67. The Balaban J connectivity index is 1.27. The molecular formula is C20H24N4O2S. The summed E-state index contributed by atoms with van der Waals surface area (Å²) in [6.07, 6.45) is 3.30. The predicted molar refractivity (Wildman–Crippen MR) is 106 cm³/mol. The van der Waals surface area contributed by atoms with E-state index >= 15 is 0 Å². The zero-order valence-corrected chi connectivity index (χ0v) is 16.2. The van der Waals surface area contributed by atoms with Gasteiger partial charge in [-0.3, -0.25) is 9.69 Å². The van der Waals surface area contributed by atoms with Crippen molar-refractivity contribution < 1.29 is 9.63 Å². The lowest BCUT2D eigenvalue weighted by Crippen LogP contribution is -2.37. The van der Waals surface area contributed by atoms with Gasteiger partial charge in [-0.2, -0.15) is 0 Å². The molecule has 1 amide bonds. The fraction of sp³-hybridized carbons (Fsp3) is 0.450. The number of hydrogen-bond donors (Lipinski definition) is 1. The first kappa shape index (κ1) is 18.1. The van der Waals surface area contributed by atoms with Crippen molar-refractivity contribution in [3.05, 3.63) is 52.5 Å². The Morgan fingerprint density at radius 2 is 2.26 bits per heavy atom. The smallest absolute Gasteiger partial charge is 0.269 e. The Kier molecular flexibility index (Phi) is 5.22. The molecule has 0 unspecified atom stereocenters. The van der Waals surface area contributed by atoms with Crippen LogP contribution in [-0.2, 0) is 16.2 Å². The van der Waals surface area contributed by atoms with E-state index in [9.17, 15) is 4.79 Å². The minimum Gasteiger partial charge on any atom is -0.387 e. The third-order valence-electron chi connectivity index (χ3n) is 5.28. The molecule has 1 aromatic carbocycles. The van der Waals surface area contributed by atoms with Crippen molar-refractivity contribution in [1.29, 1.82) is 0 Å². The van der Waals surface area contributed by atoms with Crippen LogP contribution in [0.4, 0.5) is 0 Å². The maximum absolute atomic E-state index is 12.5. The molecule has 0 aliphatic carbocycles. The van der Waals surface area contributed by atoms with Gasteiger partial charge in [0.25, 0.3) is 5.91 Å². The van der Waals surface area contributed by atoms with Crippen molar-refractivity contribution in [2.24, 2.45) is 5.16 Å². The number of carbonyl (C=O) groups excluding carboxylic acids is 1. The molecule has 2 atom stereocenters. The molecule has 2 aliphatic heterocycles. The predicted octanol–water partition coefficient (Wildman–Crippen LogP) is 2.78. The second-order valence-electron chi connectivity index (χ2n) is 7.40. The van der Waals surface area contributed by atoms with Gasteiger partial charge in [-0.1, -0.05) is 42.4 Å². The molecule has 1 N–H and O–H groups in total. The first-order valence-electron chi connectivity index (χ1n) is 9.32. The van der Waals surface area contributed by atoms with Crippen LogP contribution >= 0.6 is 11.3 Å². The zero-order valence-electron chi connectivity index (χ0n) is 15.4. The van der Waals surface area contributed by atoms with Gasteiger partial charge in [-0.05, 0) is 11.5 Å². The van der Waals surface area contributed by atoms with Crippen molar-refractivity contribution in [2.75, 3.05) is 19.6 Å². The summed E-state index contributed by atoms with van der Waals surface area (Å²) in [6.45, 7) is 5.25. The molecule has 1 spiro atoms. The topological polar surface area (TPSA) is 66.8 Å². The first-order valence-corrected chi connectivity index (χ1v) is 10.2. The number of nitrogens with one attached hydrogen (secondary N) is 1. The summed E-state index contributed by atoms with van der Waals surface area (Å²) in [4.78, 5) is 24.9. The molecule has 1 aromatic heterocycles. The quantitative estimate of drug-likeness (QED) is 0.832. The molecule has 0 bridgehead atoms. The van der Waals surface area contributed by atoms with E-state index in [0.29, 0.717) is 18.7 Å². The molecule has 1 saturated heterocycles. The molecule has 7 heteroatoms. The summed E-state index contributed by atoms with van der Waals surface area (Å²) in [5.41, 5.74) is 1.37. The van der Waals surface area contributed by atoms with Crippen LogP contribution in [0.3, 0.4) is 0 Å². The number of carbonyl (C=O) groups is 1. The molecule has 0 saturated carbocycles. The SMILES string of the molecule is C[C@@H](CNC(=O)C1=NO[C@]2(CCN(Cc3nccs3)C2)C1)c1ccccc1. The molecule has 2 aliphatic rings. The summed E-state index contributed by atoms with van der Waals surface area (Å²) in [5.74, 6) is 0.139. The number of hydrogen-bond acceptors (Lipinski definition) is 6. The molecule has 1 fully saturated rings. The Labute approximate surface area is 163 Å². The number of nitrogens with zero attached hydrogens (tertiary/aromatic N) is 3. The fourth-order valence-electron chi connectivity index (χ4n) is 3.69. The van der Waals surface area contributed by atoms with Gasteiger partial charge in [-0.25, -0.2) is 4.98 Å². The van der Waals surface area contributed by atoms with Crippen LogP contribution in [0, 0.1) is 0 Å². The van der Waals surface area contributed by atoms with E-state index in [4.69, 9.17) is 4.84 Å². The Morgan fingerprint density at radius 1 is 1.41 bits per heavy atom. The molecule has 4 rings (SSSR count). The second-order valence-corrected chi connectivity index (χ2v) is 8.38. The van der Waals surface area contributed by atoms with E-state index in [0.717, 1.165) is 31.1 Å². The van der Waals surface area contributed by atoms with Crippen LogP contribution in [0.5, 0.6) is 0 Å². The number of oxime groups is 1. The van der Waals surface area contributed by atoms with Gasteiger partial charge in [-0.15, -0.1) is 11.3 Å². The van der Waals surface area contributed by atoms with Crippen LogP contribution < -0.4 is 5.32 Å². The molecule has 27 heavy (non-hydrogen) atoms. The maximum Gasteiger partial charge on any atom is 0.269 e. The number of likely N-dealkylation sites (tertiary alicyclic amines) is 1. The maximum atomic E-state index is 12.5. The third kappa shape index (κ3) is 4.20. The van der Waals surface area contributed by atoms with Crippen LogP contribution in [0.25, 0.3) is 0 Å². The van der Waals surface area contributed by atoms with Gasteiger partial charge in [0.1, 0.15) is 10.7 Å². The monoisotopic (exact) mass is 384 g/mol. The number of thiazole rings is 1. The zero-order chi connectivity index (χ0) is 18.7. The van der Waals surface area contributed by atoms with E-state index < -0.39 is 0 Å². The van der Waals surface area contributed by atoms with E-state index in [-0.39, 0.29) is 17.4 Å². The highest BCUT2D eigenvalue weighted by Crippen LogP contribution is 2.34. The highest BCUT2D eigenvalue weighted by atomic mass is 32.1. The van der Waals surface area contributed by atoms with Crippen molar-refractivity contribution >= 4 is 23.0 Å². The van der Waals surface area contributed by atoms with Gasteiger partial charge >= 0.3 is 0 Å². The lowest BCUT2D eigenvalue weighted by Gasteiger charge is -2.21. The van der Waals surface area contributed by atoms with Gasteiger partial charge < -0.3 is 10.2 Å². The highest BCUT2D eigenvalue weighted by molar-refractivity contribution is 7.09. The molecule has 3 heterocycles. The number of benzene rings is 1. The van der Waals surface area contributed by atoms with Gasteiger partial charge in [0, 0.05) is 44.1 Å². The van der Waals surface area contributed by atoms with Crippen LogP contribution in [0.15, 0.2) is 47.1 Å². The van der Waals surface area contributed by atoms with E-state index in [1.54, 1.807) is 11.3 Å². The summed E-state index contributed by atoms with van der Waals surface area (Å²) in [6, 6.07) is 10.2. The summed E-state index contributed by atoms with van der Waals surface area (Å²) in [5, 5.41) is 10.2. The van der Waals surface area contributed by atoms with Crippen molar-refractivity contribution in [1.82, 2.24) is 15.2 Å². The van der Waals surface area contributed by atoms with E-state index in [1.165, 1.54) is 5.56 Å². The number of amides is 1. The fourth-order valence-corrected chi connectivity index (χ4v) is 4.35. The minimum absolute atomic E-state index is 0.118. The molecule has 0 radical (unpaired) electrons. The van der Waals surface area contributed by atoms with Crippen LogP contribution in [-0.4, -0.2) is 46.7 Å². The molecule has 6 nitrogen and oxygen atoms in total. The molecule has 142 valence electrons. The van der Waals surface area contributed by atoms with Crippen LogP contribution in [0.1, 0.15) is 36.3 Å². The number of aromatic nitrogens is 1. The summed E-state index contributed by atoms with van der Waals surface area (Å²) in [7, 11) is 0. The normalized spacial score (nSPS) is 23.2. The van der Waals surface area contributed by atoms with Crippen molar-refractivity contribution in [3.8, 4) is 0 Å². The Hall–Kier alpha value is -2.25. The number of rotatable bonds is 6. The van der Waals surface area contributed by atoms with Gasteiger partial charge in [0.15, 0.2) is 5.60 Å². The van der Waals surface area contributed by atoms with Crippen molar-refractivity contribution in [2.45, 2.75) is 37.8 Å². The third-order valence-corrected chi connectivity index (χ3v) is 6.04. The lowest BCUT2D eigenvalue weighted by molar-refractivity contribution is -0.115. The first-order chi connectivity index (χ1) is 13.1. The highest BCUT2D eigenvalue weighted by Gasteiger charge is 2.46.